The Morgan fingerprint density at radius 2 is 1.37 bits per heavy atom. The van der Waals surface area contributed by atoms with E-state index in [1.54, 1.807) is 20.1 Å². The van der Waals surface area contributed by atoms with Gasteiger partial charge in [-0.2, -0.15) is 0 Å². The number of nitrogens with one attached hydrogen (secondary N) is 6. The lowest BCUT2D eigenvalue weighted by Crippen LogP contribution is -2.60. The van der Waals surface area contributed by atoms with Gasteiger partial charge >= 0.3 is 0 Å². The van der Waals surface area contributed by atoms with E-state index in [0.29, 0.717) is 44.2 Å². The molecule has 1 aliphatic rings. The van der Waals surface area contributed by atoms with Gasteiger partial charge in [-0.25, -0.2) is 0 Å². The number of aromatic hydroxyl groups is 1. The Morgan fingerprint density at radius 3 is 1.99 bits per heavy atom. The SMILES string of the molecule is CN=S(C)C(=O)[C@H](CC(C)C)NC(=O)[C@H](CCCN)NC(=O)[C@@H](NC(=O)[C@H](Cc1ccc(O)cc1)NC(=O)[C@H](CCC(N)=O)NC(=O)COCCOCCNC(=O)C1CCCN1C(=O)[C@H](N)Cc1ccccc1)C(C)C. The van der Waals surface area contributed by atoms with E-state index < -0.39 is 101 Å². The van der Waals surface area contributed by atoms with E-state index in [1.165, 1.54) is 36.2 Å². The molecule has 0 spiro atoms. The summed E-state index contributed by atoms with van der Waals surface area (Å²) in [5.41, 5.74) is 18.8. The molecule has 2 unspecified atom stereocenters. The number of carbonyl (C=O) groups excluding carboxylic acids is 9. The number of benzene rings is 2. The van der Waals surface area contributed by atoms with Crippen molar-refractivity contribution in [2.24, 2.45) is 33.4 Å². The fourth-order valence-corrected chi connectivity index (χ4v) is 9.00. The van der Waals surface area contributed by atoms with Crippen LogP contribution in [0, 0.1) is 11.8 Å². The molecule has 0 aliphatic carbocycles. The minimum Gasteiger partial charge on any atom is -0.508 e. The third-order valence-electron chi connectivity index (χ3n) is 12.4. The van der Waals surface area contributed by atoms with Gasteiger partial charge in [0.2, 0.25) is 52.4 Å². The molecule has 2 aromatic carbocycles. The first-order valence-corrected chi connectivity index (χ1v) is 27.3. The predicted octanol–water partition coefficient (Wildman–Crippen LogP) is -0.636. The van der Waals surface area contributed by atoms with Crippen molar-refractivity contribution in [2.75, 3.05) is 59.4 Å². The van der Waals surface area contributed by atoms with Gasteiger partial charge in [-0.3, -0.25) is 47.5 Å². The Morgan fingerprint density at radius 1 is 0.763 bits per heavy atom. The van der Waals surface area contributed by atoms with Crippen LogP contribution in [0.5, 0.6) is 5.75 Å². The molecule has 0 radical (unpaired) electrons. The zero-order chi connectivity index (χ0) is 56.3. The maximum atomic E-state index is 14.2. The van der Waals surface area contributed by atoms with Crippen molar-refractivity contribution in [3.63, 3.8) is 0 Å². The monoisotopic (exact) mass is 1080 g/mol. The van der Waals surface area contributed by atoms with E-state index in [-0.39, 0.29) is 87.2 Å². The van der Waals surface area contributed by atoms with E-state index in [1.807, 2.05) is 44.2 Å². The second-order valence-corrected chi connectivity index (χ2v) is 21.1. The van der Waals surface area contributed by atoms with Crippen molar-refractivity contribution < 1.29 is 57.7 Å². The van der Waals surface area contributed by atoms with Crippen LogP contribution in [-0.4, -0.2) is 164 Å². The minimum atomic E-state index is -1.38. The molecule has 1 saturated heterocycles. The first-order valence-electron chi connectivity index (χ1n) is 25.8. The van der Waals surface area contributed by atoms with Crippen molar-refractivity contribution in [1.29, 1.82) is 0 Å². The number of primary amides is 1. The maximum absolute atomic E-state index is 14.2. The fourth-order valence-electron chi connectivity index (χ4n) is 8.26. The minimum absolute atomic E-state index is 0.0391. The summed E-state index contributed by atoms with van der Waals surface area (Å²) in [6, 6.07) is 7.83. The van der Waals surface area contributed by atoms with Crippen molar-refractivity contribution in [1.82, 2.24) is 36.8 Å². The molecule has 422 valence electrons. The summed E-state index contributed by atoms with van der Waals surface area (Å²) < 4.78 is 15.1. The summed E-state index contributed by atoms with van der Waals surface area (Å²) >= 11 is 0. The standard InChI is InChI=1S/C52H81N11O12S/c1-32(2)28-41(52(73)76(6)56-5)61-46(67)38(14-10-22-53)59-50(71)45(33(3)4)62-48(69)40(30-35-16-18-36(64)19-17-35)60-47(68)39(20-21-43(55)65)58-44(66)31-75-27-26-74-25-23-57-49(70)42-15-11-24-63(42)51(72)37(54)29-34-12-8-7-9-13-34/h7-9,12-13,16-19,32-33,37-42,45,64H,10-11,14-15,20-31,53-54H2,1-6H3,(H2,55,65)(H,57,70)(H,58,66)(H,59,71)(H,60,68)(H,61,67)(H,62,69)/t37-,38+,39+,40+,41+,42?,45+,76?/m1/s1. The summed E-state index contributed by atoms with van der Waals surface area (Å²) in [5, 5.41) is 25.9. The van der Waals surface area contributed by atoms with E-state index in [2.05, 4.69) is 36.3 Å². The molecule has 0 bridgehead atoms. The van der Waals surface area contributed by atoms with Crippen LogP contribution in [0.3, 0.4) is 0 Å². The Bertz CT molecular complexity index is 2270. The average Bonchev–Trinajstić information content (AvgIpc) is 3.88. The van der Waals surface area contributed by atoms with Gasteiger partial charge in [0.25, 0.3) is 0 Å². The van der Waals surface area contributed by atoms with Crippen LogP contribution in [0.4, 0.5) is 0 Å². The summed E-state index contributed by atoms with van der Waals surface area (Å²) in [7, 11) is 0.549. The summed E-state index contributed by atoms with van der Waals surface area (Å²) in [5.74, 6) is -5.65. The lowest BCUT2D eigenvalue weighted by Gasteiger charge is -2.29. The van der Waals surface area contributed by atoms with Gasteiger partial charge in [0.15, 0.2) is 0 Å². The molecule has 1 fully saturated rings. The van der Waals surface area contributed by atoms with Crippen LogP contribution in [0.2, 0.25) is 0 Å². The van der Waals surface area contributed by atoms with E-state index in [0.717, 1.165) is 5.56 Å². The molecule has 2 aromatic rings. The number of amides is 8. The molecule has 13 N–H and O–H groups in total. The van der Waals surface area contributed by atoms with E-state index in [9.17, 15) is 48.3 Å². The molecule has 8 amide bonds. The summed E-state index contributed by atoms with van der Waals surface area (Å²) in [4.78, 5) is 122. The van der Waals surface area contributed by atoms with Crippen LogP contribution in [0.1, 0.15) is 83.8 Å². The predicted molar refractivity (Wildman–Crippen MR) is 287 cm³/mol. The molecule has 8 atom stereocenters. The van der Waals surface area contributed by atoms with Crippen LogP contribution in [0.25, 0.3) is 0 Å². The Hall–Kier alpha value is -6.34. The first kappa shape index (κ1) is 63.9. The topological polar surface area (TPSA) is 358 Å². The molecular formula is C52H81N11O12S. The fraction of sp³-hybridized carbons (Fsp3) is 0.596. The van der Waals surface area contributed by atoms with Gasteiger partial charge in [0.1, 0.15) is 42.6 Å². The van der Waals surface area contributed by atoms with Gasteiger partial charge in [-0.1, -0.05) is 70.2 Å². The third-order valence-corrected chi connectivity index (χ3v) is 13.8. The molecule has 0 saturated carbocycles. The number of carbonyl (C=O) groups is 9. The van der Waals surface area contributed by atoms with Gasteiger partial charge in [-0.05, 0) is 104 Å². The molecule has 3 rings (SSSR count). The maximum Gasteiger partial charge on any atom is 0.246 e. The van der Waals surface area contributed by atoms with Gasteiger partial charge in [-0.15, -0.1) is 0 Å². The number of hydrogen-bond donors (Lipinski definition) is 10. The normalized spacial score (nSPS) is 16.1. The number of nitrogens with two attached hydrogens (primary N) is 3. The highest BCUT2D eigenvalue weighted by atomic mass is 32.2. The van der Waals surface area contributed by atoms with Crippen molar-refractivity contribution in [3.8, 4) is 5.75 Å². The zero-order valence-corrected chi connectivity index (χ0v) is 45.5. The molecule has 1 heterocycles. The molecule has 1 aliphatic heterocycles. The van der Waals surface area contributed by atoms with Crippen molar-refractivity contribution in [2.45, 2.75) is 128 Å². The Balaban J connectivity index is 1.62. The first-order chi connectivity index (χ1) is 36.1. The molecule has 76 heavy (non-hydrogen) atoms. The Kier molecular flexibility index (Phi) is 28.3. The third kappa shape index (κ3) is 22.5. The Labute approximate surface area is 448 Å². The average molecular weight is 1080 g/mol. The van der Waals surface area contributed by atoms with Crippen LogP contribution in [0.15, 0.2) is 59.0 Å². The van der Waals surface area contributed by atoms with Gasteiger partial charge in [0.05, 0.1) is 31.9 Å². The highest BCUT2D eigenvalue weighted by Gasteiger charge is 2.37. The van der Waals surface area contributed by atoms with Gasteiger partial charge in [0, 0.05) is 33.0 Å². The molecule has 0 aromatic heterocycles. The second-order valence-electron chi connectivity index (χ2n) is 19.4. The number of ether oxygens (including phenoxy) is 2. The zero-order valence-electron chi connectivity index (χ0n) is 44.7. The van der Waals surface area contributed by atoms with Crippen LogP contribution in [-0.2, 0) is 76.2 Å². The number of nitrogens with zero attached hydrogens (tertiary/aromatic N) is 2. The van der Waals surface area contributed by atoms with Crippen molar-refractivity contribution in [3.05, 3.63) is 65.7 Å². The number of phenolic OH excluding ortho intramolecular Hbond substituents is 1. The highest BCUT2D eigenvalue weighted by molar-refractivity contribution is 8.01. The number of likely N-dealkylation sites (tertiary alicyclic amines) is 1. The highest BCUT2D eigenvalue weighted by Crippen LogP contribution is 2.20. The van der Waals surface area contributed by atoms with E-state index in [4.69, 9.17) is 26.7 Å². The molecule has 24 heteroatoms. The van der Waals surface area contributed by atoms with Gasteiger partial charge < -0.3 is 68.6 Å². The lowest BCUT2D eigenvalue weighted by atomic mass is 9.99. The molecular weight excluding hydrogens is 1000 g/mol. The summed E-state index contributed by atoms with van der Waals surface area (Å²) in [6.45, 7) is 7.53. The van der Waals surface area contributed by atoms with E-state index >= 15 is 0 Å². The molecule has 23 nitrogen and oxygen atoms in total. The second kappa shape index (κ2) is 33.6. The van der Waals surface area contributed by atoms with Crippen molar-refractivity contribution >= 4 is 63.1 Å². The smallest absolute Gasteiger partial charge is 0.246 e. The number of rotatable bonds is 33. The number of phenols is 1. The van der Waals surface area contributed by atoms with Crippen LogP contribution >= 0.6 is 0 Å². The summed E-state index contributed by atoms with van der Waals surface area (Å²) in [6.07, 6.45) is 3.30. The lowest BCUT2D eigenvalue weighted by molar-refractivity contribution is -0.139. The van der Waals surface area contributed by atoms with Crippen LogP contribution < -0.4 is 49.1 Å². The largest absolute Gasteiger partial charge is 0.508 e. The quantitative estimate of drug-likeness (QED) is 0.0398. The number of hydrogen-bond acceptors (Lipinski definition) is 15.